The number of rotatable bonds is 7. The maximum Gasteiger partial charge on any atom is 0.412 e. The quantitative estimate of drug-likeness (QED) is 0.550. The summed E-state index contributed by atoms with van der Waals surface area (Å²) in [7, 11) is 0. The van der Waals surface area contributed by atoms with Crippen molar-refractivity contribution in [2.75, 3.05) is 31.0 Å². The smallest absolute Gasteiger partial charge is 0.412 e. The molecule has 0 bridgehead atoms. The van der Waals surface area contributed by atoms with Crippen LogP contribution in [-0.2, 0) is 14.2 Å². The van der Waals surface area contributed by atoms with Crippen molar-refractivity contribution in [3.05, 3.63) is 22.7 Å². The Morgan fingerprint density at radius 3 is 3.04 bits per heavy atom. The molecule has 1 fully saturated rings. The van der Waals surface area contributed by atoms with E-state index in [1.807, 2.05) is 0 Å². The van der Waals surface area contributed by atoms with Crippen LogP contribution in [0.1, 0.15) is 19.1 Å². The van der Waals surface area contributed by atoms with Gasteiger partial charge in [0.1, 0.15) is 5.82 Å². The monoisotopic (exact) mass is 347 g/mol. The van der Waals surface area contributed by atoms with Crippen molar-refractivity contribution >= 4 is 23.5 Å². The highest BCUT2D eigenvalue weighted by molar-refractivity contribution is 6.17. The number of hydrogen-bond acceptors (Lipinski definition) is 7. The summed E-state index contributed by atoms with van der Waals surface area (Å²) in [4.78, 5) is 27.2. The minimum atomic E-state index is -0.757. The van der Waals surface area contributed by atoms with Gasteiger partial charge in [-0.2, -0.15) is 4.98 Å². The Balaban J connectivity index is 1.89. The summed E-state index contributed by atoms with van der Waals surface area (Å²) in [6.07, 6.45) is 0.728. The highest BCUT2D eigenvalue weighted by atomic mass is 35.5. The van der Waals surface area contributed by atoms with Gasteiger partial charge >= 0.3 is 11.8 Å². The zero-order chi connectivity index (χ0) is 16.7. The first-order valence-corrected chi connectivity index (χ1v) is 7.64. The van der Waals surface area contributed by atoms with E-state index >= 15 is 0 Å². The molecule has 10 heteroatoms. The Hall–Kier alpha value is -1.68. The minimum absolute atomic E-state index is 0.0752. The molecular formula is C13H18ClN3O6. The number of unbranched alkanes of at least 4 members (excludes halogenated alkanes) is 1. The molecule has 0 saturated carbocycles. The Morgan fingerprint density at radius 2 is 2.39 bits per heavy atom. The van der Waals surface area contributed by atoms with E-state index in [0.717, 1.165) is 6.42 Å². The zero-order valence-corrected chi connectivity index (χ0v) is 13.1. The lowest BCUT2D eigenvalue weighted by molar-refractivity contribution is -0.0992. The highest BCUT2D eigenvalue weighted by Crippen LogP contribution is 2.19. The van der Waals surface area contributed by atoms with Crippen LogP contribution in [0.15, 0.2) is 17.1 Å². The van der Waals surface area contributed by atoms with E-state index in [0.29, 0.717) is 12.3 Å². The number of carbonyl (C=O) groups is 1. The normalized spacial score (nSPS) is 20.4. The molecule has 1 aliphatic rings. The molecule has 1 amide bonds. The number of aliphatic hydroxyl groups is 1. The number of ether oxygens (including phenoxy) is 3. The van der Waals surface area contributed by atoms with Crippen molar-refractivity contribution in [3.8, 4) is 0 Å². The summed E-state index contributed by atoms with van der Waals surface area (Å²) >= 11 is 5.51. The molecule has 1 aliphatic heterocycles. The van der Waals surface area contributed by atoms with E-state index in [1.165, 1.54) is 16.8 Å². The number of nitrogens with one attached hydrogen (secondary N) is 1. The number of carbonyl (C=O) groups excluding carboxylic acids is 1. The van der Waals surface area contributed by atoms with Crippen molar-refractivity contribution in [1.82, 2.24) is 9.55 Å². The van der Waals surface area contributed by atoms with E-state index < -0.39 is 24.3 Å². The van der Waals surface area contributed by atoms with Gasteiger partial charge in [0.05, 0.1) is 19.8 Å². The van der Waals surface area contributed by atoms with Gasteiger partial charge < -0.3 is 19.3 Å². The summed E-state index contributed by atoms with van der Waals surface area (Å²) in [6.45, 7) is 0.0709. The van der Waals surface area contributed by atoms with Crippen LogP contribution in [0, 0.1) is 0 Å². The standard InChI is InChI=1S/C13H18ClN3O6/c14-4-1-2-6-21-13(20)16-9-3-5-17(12(19)15-9)10-8-22-11(7-18)23-10/h3,5,10-11,18H,1-2,4,6-8H2,(H,15,16,19,20)/t10-,11-/m0/s1. The number of anilines is 1. The average Bonchev–Trinajstić information content (AvgIpc) is 3.00. The molecule has 2 N–H and O–H groups in total. The molecule has 9 nitrogen and oxygen atoms in total. The Bertz CT molecular complexity index is 581. The topological polar surface area (TPSA) is 112 Å². The molecule has 0 unspecified atom stereocenters. The summed E-state index contributed by atoms with van der Waals surface area (Å²) in [6, 6.07) is 1.44. The molecule has 2 heterocycles. The third kappa shape index (κ3) is 5.17. The molecule has 1 aromatic rings. The largest absolute Gasteiger partial charge is 0.449 e. The van der Waals surface area contributed by atoms with E-state index in [9.17, 15) is 9.59 Å². The minimum Gasteiger partial charge on any atom is -0.449 e. The Labute approximate surface area is 137 Å². The molecule has 0 aliphatic carbocycles. The number of aromatic nitrogens is 2. The average molecular weight is 348 g/mol. The highest BCUT2D eigenvalue weighted by Gasteiger charge is 2.27. The van der Waals surface area contributed by atoms with Gasteiger partial charge in [-0.05, 0) is 18.9 Å². The second-order valence-corrected chi connectivity index (χ2v) is 5.07. The molecular weight excluding hydrogens is 330 g/mol. The molecule has 1 saturated heterocycles. The van der Waals surface area contributed by atoms with Gasteiger partial charge in [0.15, 0.2) is 12.5 Å². The van der Waals surface area contributed by atoms with Crippen molar-refractivity contribution in [2.24, 2.45) is 0 Å². The Kier molecular flexibility index (Phi) is 6.78. The number of aliphatic hydroxyl groups excluding tert-OH is 1. The van der Waals surface area contributed by atoms with Crippen LogP contribution < -0.4 is 11.0 Å². The van der Waals surface area contributed by atoms with Crippen molar-refractivity contribution in [3.63, 3.8) is 0 Å². The van der Waals surface area contributed by atoms with E-state index in [-0.39, 0.29) is 25.6 Å². The summed E-state index contributed by atoms with van der Waals surface area (Å²) in [5.74, 6) is 0.584. The number of halogens is 1. The van der Waals surface area contributed by atoms with Crippen LogP contribution in [0.4, 0.5) is 10.6 Å². The maximum absolute atomic E-state index is 11.9. The lowest BCUT2D eigenvalue weighted by Gasteiger charge is -2.12. The molecule has 0 radical (unpaired) electrons. The van der Waals surface area contributed by atoms with E-state index in [1.54, 1.807) is 0 Å². The molecule has 2 atom stereocenters. The van der Waals surface area contributed by atoms with Gasteiger partial charge in [-0.25, -0.2) is 9.59 Å². The number of hydrogen-bond donors (Lipinski definition) is 2. The molecule has 23 heavy (non-hydrogen) atoms. The SMILES string of the molecule is O=C(Nc1ccn([C@@H]2CO[C@H](CO)O2)c(=O)n1)OCCCCCl. The maximum atomic E-state index is 11.9. The number of amides is 1. The molecule has 2 rings (SSSR count). The van der Waals surface area contributed by atoms with Gasteiger partial charge in [-0.3, -0.25) is 9.88 Å². The van der Waals surface area contributed by atoms with E-state index in [2.05, 4.69) is 10.3 Å². The predicted molar refractivity (Wildman–Crippen MR) is 80.4 cm³/mol. The van der Waals surface area contributed by atoms with Crippen LogP contribution in [0.5, 0.6) is 0 Å². The zero-order valence-electron chi connectivity index (χ0n) is 12.3. The van der Waals surface area contributed by atoms with Gasteiger partial charge in [0, 0.05) is 12.1 Å². The lowest BCUT2D eigenvalue weighted by Crippen LogP contribution is -2.29. The second-order valence-electron chi connectivity index (χ2n) is 4.70. The third-order valence-corrected chi connectivity index (χ3v) is 3.28. The van der Waals surface area contributed by atoms with Crippen LogP contribution in [0.2, 0.25) is 0 Å². The predicted octanol–water partition coefficient (Wildman–Crippen LogP) is 0.675. The fourth-order valence-corrected chi connectivity index (χ4v) is 2.08. The molecule has 1 aromatic heterocycles. The molecule has 0 spiro atoms. The van der Waals surface area contributed by atoms with Crippen molar-refractivity contribution in [2.45, 2.75) is 25.4 Å². The first kappa shape index (κ1) is 17.7. The van der Waals surface area contributed by atoms with Crippen LogP contribution in [-0.4, -0.2) is 52.7 Å². The van der Waals surface area contributed by atoms with Crippen LogP contribution >= 0.6 is 11.6 Å². The third-order valence-electron chi connectivity index (χ3n) is 3.01. The first-order chi connectivity index (χ1) is 11.1. The molecule has 128 valence electrons. The summed E-state index contributed by atoms with van der Waals surface area (Å²) in [5, 5.41) is 11.3. The van der Waals surface area contributed by atoms with Crippen LogP contribution in [0.25, 0.3) is 0 Å². The molecule has 0 aromatic carbocycles. The fourth-order valence-electron chi connectivity index (χ4n) is 1.89. The number of alkyl halides is 1. The second kappa shape index (κ2) is 8.82. The summed E-state index contributed by atoms with van der Waals surface area (Å²) < 4.78 is 16.6. The Morgan fingerprint density at radius 1 is 1.57 bits per heavy atom. The number of nitrogens with zero attached hydrogens (tertiary/aromatic N) is 2. The fraction of sp³-hybridized carbons (Fsp3) is 0.615. The van der Waals surface area contributed by atoms with Gasteiger partial charge in [-0.1, -0.05) is 0 Å². The van der Waals surface area contributed by atoms with Crippen molar-refractivity contribution in [1.29, 1.82) is 0 Å². The van der Waals surface area contributed by atoms with Gasteiger partial charge in [0.25, 0.3) is 0 Å². The van der Waals surface area contributed by atoms with Gasteiger partial charge in [0.2, 0.25) is 0 Å². The van der Waals surface area contributed by atoms with Gasteiger partial charge in [-0.15, -0.1) is 11.6 Å². The van der Waals surface area contributed by atoms with Crippen LogP contribution in [0.3, 0.4) is 0 Å². The van der Waals surface area contributed by atoms with E-state index in [4.69, 9.17) is 30.9 Å². The summed E-state index contributed by atoms with van der Waals surface area (Å²) in [5.41, 5.74) is -0.614. The van der Waals surface area contributed by atoms with Crippen molar-refractivity contribution < 1.29 is 24.1 Å². The first-order valence-electron chi connectivity index (χ1n) is 7.11. The lowest BCUT2D eigenvalue weighted by atomic mass is 10.4.